The standard InChI is InChI=1S/C21H29N5O3S/c1-13-17-19(22-14(2)23-20(17)30-18(13)21(28)29-3)24-15-6-10-25(11-7-15)12-16(27)26-8-4-5-9-26/h15H,4-12H2,1-3H3,(H,22,23,24). The number of hydrogen-bond donors (Lipinski definition) is 1. The molecule has 162 valence electrons. The van der Waals surface area contributed by atoms with Crippen molar-refractivity contribution in [3.05, 3.63) is 16.3 Å². The van der Waals surface area contributed by atoms with Gasteiger partial charge in [0.25, 0.3) is 0 Å². The summed E-state index contributed by atoms with van der Waals surface area (Å²) in [6, 6.07) is 0.279. The molecule has 1 N–H and O–H groups in total. The molecule has 0 unspecified atom stereocenters. The van der Waals surface area contributed by atoms with E-state index in [0.29, 0.717) is 17.2 Å². The minimum atomic E-state index is -0.338. The molecule has 2 fully saturated rings. The number of amides is 1. The second-order valence-corrected chi connectivity index (χ2v) is 9.13. The van der Waals surface area contributed by atoms with Crippen LogP contribution in [0.25, 0.3) is 10.2 Å². The highest BCUT2D eigenvalue weighted by atomic mass is 32.1. The van der Waals surface area contributed by atoms with Crippen LogP contribution in [0.1, 0.15) is 46.7 Å². The second kappa shape index (κ2) is 8.85. The highest BCUT2D eigenvalue weighted by Crippen LogP contribution is 2.35. The van der Waals surface area contributed by atoms with Crippen LogP contribution >= 0.6 is 11.3 Å². The van der Waals surface area contributed by atoms with E-state index >= 15 is 0 Å². The van der Waals surface area contributed by atoms with E-state index in [1.165, 1.54) is 18.4 Å². The lowest BCUT2D eigenvalue weighted by Crippen LogP contribution is -2.45. The second-order valence-electron chi connectivity index (χ2n) is 8.13. The molecular weight excluding hydrogens is 402 g/mol. The maximum absolute atomic E-state index is 12.4. The molecule has 9 heteroatoms. The third-order valence-electron chi connectivity index (χ3n) is 6.02. The van der Waals surface area contributed by atoms with Gasteiger partial charge in [-0.15, -0.1) is 11.3 Å². The largest absolute Gasteiger partial charge is 0.465 e. The molecule has 0 bridgehead atoms. The van der Waals surface area contributed by atoms with Gasteiger partial charge in [-0.2, -0.15) is 0 Å². The molecule has 0 radical (unpaired) electrons. The van der Waals surface area contributed by atoms with Gasteiger partial charge < -0.3 is 15.0 Å². The first-order valence-corrected chi connectivity index (χ1v) is 11.4. The van der Waals surface area contributed by atoms with E-state index in [4.69, 9.17) is 4.74 Å². The van der Waals surface area contributed by atoms with Gasteiger partial charge in [0.15, 0.2) is 0 Å². The number of thiophene rings is 1. The van der Waals surface area contributed by atoms with E-state index in [0.717, 1.165) is 73.5 Å². The van der Waals surface area contributed by atoms with Gasteiger partial charge in [-0.25, -0.2) is 14.8 Å². The fourth-order valence-corrected chi connectivity index (χ4v) is 5.47. The van der Waals surface area contributed by atoms with Gasteiger partial charge in [0.05, 0.1) is 19.0 Å². The third-order valence-corrected chi connectivity index (χ3v) is 7.18. The number of aryl methyl sites for hydroxylation is 2. The van der Waals surface area contributed by atoms with Gasteiger partial charge in [0, 0.05) is 32.2 Å². The van der Waals surface area contributed by atoms with Crippen molar-refractivity contribution in [2.75, 3.05) is 45.2 Å². The minimum Gasteiger partial charge on any atom is -0.465 e. The normalized spacial score (nSPS) is 18.2. The van der Waals surface area contributed by atoms with E-state index < -0.39 is 0 Å². The van der Waals surface area contributed by atoms with Crippen molar-refractivity contribution in [2.24, 2.45) is 0 Å². The van der Waals surface area contributed by atoms with Crippen molar-refractivity contribution >= 4 is 39.2 Å². The Bertz CT molecular complexity index is 946. The molecule has 0 saturated carbocycles. The SMILES string of the molecule is COC(=O)c1sc2nc(C)nc(NC3CCN(CC(=O)N4CCCC4)CC3)c2c1C. The minimum absolute atomic E-state index is 0.260. The van der Waals surface area contributed by atoms with Crippen molar-refractivity contribution in [1.82, 2.24) is 19.8 Å². The number of rotatable bonds is 5. The maximum atomic E-state index is 12.4. The molecule has 4 heterocycles. The average molecular weight is 432 g/mol. The molecule has 2 aromatic rings. The van der Waals surface area contributed by atoms with Crippen LogP contribution in [-0.4, -0.2) is 77.5 Å². The Labute approximate surface area is 180 Å². The Morgan fingerprint density at radius 2 is 1.83 bits per heavy atom. The summed E-state index contributed by atoms with van der Waals surface area (Å²) in [4.78, 5) is 39.3. The Kier molecular flexibility index (Phi) is 6.19. The third kappa shape index (κ3) is 4.27. The Balaban J connectivity index is 1.43. The first kappa shape index (κ1) is 21.0. The number of methoxy groups -OCH3 is 1. The molecule has 30 heavy (non-hydrogen) atoms. The van der Waals surface area contributed by atoms with Crippen LogP contribution < -0.4 is 5.32 Å². The van der Waals surface area contributed by atoms with Gasteiger partial charge in [-0.05, 0) is 45.1 Å². The van der Waals surface area contributed by atoms with Gasteiger partial charge >= 0.3 is 5.97 Å². The van der Waals surface area contributed by atoms with Crippen LogP contribution in [0.3, 0.4) is 0 Å². The zero-order chi connectivity index (χ0) is 21.3. The number of likely N-dealkylation sites (tertiary alicyclic amines) is 2. The first-order valence-electron chi connectivity index (χ1n) is 10.6. The van der Waals surface area contributed by atoms with Crippen LogP contribution in [0.15, 0.2) is 0 Å². The number of hydrogen-bond acceptors (Lipinski definition) is 8. The zero-order valence-electron chi connectivity index (χ0n) is 17.9. The predicted molar refractivity (Wildman–Crippen MR) is 117 cm³/mol. The Morgan fingerprint density at radius 3 is 2.50 bits per heavy atom. The molecule has 0 aliphatic carbocycles. The molecular formula is C21H29N5O3S. The first-order chi connectivity index (χ1) is 14.5. The molecule has 0 atom stereocenters. The predicted octanol–water partition coefficient (Wildman–Crippen LogP) is 2.59. The van der Waals surface area contributed by atoms with Crippen molar-refractivity contribution in [2.45, 2.75) is 45.6 Å². The van der Waals surface area contributed by atoms with Crippen molar-refractivity contribution in [3.8, 4) is 0 Å². The maximum Gasteiger partial charge on any atom is 0.348 e. The van der Waals surface area contributed by atoms with E-state index in [1.807, 2.05) is 18.7 Å². The average Bonchev–Trinajstić information content (AvgIpc) is 3.37. The smallest absolute Gasteiger partial charge is 0.348 e. The summed E-state index contributed by atoms with van der Waals surface area (Å²) in [6.45, 7) is 7.91. The van der Waals surface area contributed by atoms with Gasteiger partial charge in [0.1, 0.15) is 21.3 Å². The fraction of sp³-hybridized carbons (Fsp3) is 0.619. The topological polar surface area (TPSA) is 87.7 Å². The highest BCUT2D eigenvalue weighted by Gasteiger charge is 2.26. The Morgan fingerprint density at radius 1 is 1.13 bits per heavy atom. The number of esters is 1. The molecule has 2 aliphatic rings. The summed E-state index contributed by atoms with van der Waals surface area (Å²) >= 11 is 1.35. The highest BCUT2D eigenvalue weighted by molar-refractivity contribution is 7.20. The molecule has 2 aromatic heterocycles. The number of piperidine rings is 1. The van der Waals surface area contributed by atoms with Gasteiger partial charge in [-0.1, -0.05) is 0 Å². The van der Waals surface area contributed by atoms with Gasteiger partial charge in [0.2, 0.25) is 5.91 Å². The molecule has 0 aromatic carbocycles. The number of carbonyl (C=O) groups excluding carboxylic acids is 2. The number of ether oxygens (including phenoxy) is 1. The van der Waals surface area contributed by atoms with Crippen molar-refractivity contribution < 1.29 is 14.3 Å². The lowest BCUT2D eigenvalue weighted by atomic mass is 10.0. The summed E-state index contributed by atoms with van der Waals surface area (Å²) in [6.07, 6.45) is 4.16. The molecule has 8 nitrogen and oxygen atoms in total. The molecule has 1 amide bonds. The lowest BCUT2D eigenvalue weighted by Gasteiger charge is -2.33. The summed E-state index contributed by atoms with van der Waals surface area (Å²) in [5.74, 6) is 1.38. The monoisotopic (exact) mass is 431 g/mol. The van der Waals surface area contributed by atoms with E-state index in [2.05, 4.69) is 20.2 Å². The van der Waals surface area contributed by atoms with Crippen LogP contribution in [0.4, 0.5) is 5.82 Å². The molecule has 4 rings (SSSR count). The quantitative estimate of drug-likeness (QED) is 0.728. The van der Waals surface area contributed by atoms with E-state index in [-0.39, 0.29) is 17.9 Å². The van der Waals surface area contributed by atoms with Crippen LogP contribution in [0.5, 0.6) is 0 Å². The summed E-state index contributed by atoms with van der Waals surface area (Å²) in [5, 5.41) is 4.49. The number of fused-ring (bicyclic) bond motifs is 1. The number of nitrogens with one attached hydrogen (secondary N) is 1. The number of aromatic nitrogens is 2. The number of anilines is 1. The molecule has 2 aliphatic heterocycles. The van der Waals surface area contributed by atoms with Crippen molar-refractivity contribution in [3.63, 3.8) is 0 Å². The van der Waals surface area contributed by atoms with Crippen LogP contribution in [0, 0.1) is 13.8 Å². The van der Waals surface area contributed by atoms with E-state index in [9.17, 15) is 9.59 Å². The molecule has 0 spiro atoms. The summed E-state index contributed by atoms with van der Waals surface area (Å²) in [7, 11) is 1.39. The number of nitrogens with zero attached hydrogens (tertiary/aromatic N) is 4. The Hall–Kier alpha value is -2.26. The summed E-state index contributed by atoms with van der Waals surface area (Å²) < 4.78 is 4.91. The zero-order valence-corrected chi connectivity index (χ0v) is 18.7. The lowest BCUT2D eigenvalue weighted by molar-refractivity contribution is -0.131. The van der Waals surface area contributed by atoms with Gasteiger partial charge in [-0.3, -0.25) is 9.69 Å². The fourth-order valence-electron chi connectivity index (χ4n) is 4.32. The van der Waals surface area contributed by atoms with Crippen LogP contribution in [-0.2, 0) is 9.53 Å². The van der Waals surface area contributed by atoms with Crippen LogP contribution in [0.2, 0.25) is 0 Å². The number of carbonyl (C=O) groups is 2. The molecule has 2 saturated heterocycles. The summed E-state index contributed by atoms with van der Waals surface area (Å²) in [5.41, 5.74) is 0.859. The van der Waals surface area contributed by atoms with Crippen molar-refractivity contribution in [1.29, 1.82) is 0 Å². The van der Waals surface area contributed by atoms with E-state index in [1.54, 1.807) is 0 Å².